The summed E-state index contributed by atoms with van der Waals surface area (Å²) >= 11 is 1.51. The van der Waals surface area contributed by atoms with Crippen LogP contribution in [0, 0.1) is 0 Å². The number of aliphatic carboxylic acids is 1. The third-order valence-corrected chi connectivity index (χ3v) is 8.33. The van der Waals surface area contributed by atoms with Gasteiger partial charge in [0.25, 0.3) is 0 Å². The number of hydrogen-bond acceptors (Lipinski definition) is 5. The van der Waals surface area contributed by atoms with E-state index < -0.39 is 18.1 Å². The molecular weight excluding hydrogens is 464 g/mol. The van der Waals surface area contributed by atoms with Gasteiger partial charge in [-0.2, -0.15) is 0 Å². The predicted octanol–water partition coefficient (Wildman–Crippen LogP) is 4.85. The number of nitrogens with zero attached hydrogens (tertiary/aromatic N) is 1. The molecule has 1 aliphatic carbocycles. The number of carbonyl (C=O) groups is 3. The Bertz CT molecular complexity index is 1050. The molecule has 2 amide bonds. The van der Waals surface area contributed by atoms with Crippen molar-refractivity contribution in [2.24, 2.45) is 0 Å². The summed E-state index contributed by atoms with van der Waals surface area (Å²) < 4.78 is 5.64. The van der Waals surface area contributed by atoms with Crippen molar-refractivity contribution in [3.63, 3.8) is 0 Å². The molecule has 8 heteroatoms. The molecule has 1 saturated heterocycles. The van der Waals surface area contributed by atoms with Crippen LogP contribution in [0.25, 0.3) is 11.1 Å². The minimum atomic E-state index is -0.967. The number of carbonyl (C=O) groups excluding carboxylic acids is 2. The third-order valence-electron chi connectivity index (χ3n) is 6.88. The van der Waals surface area contributed by atoms with Crippen LogP contribution < -0.4 is 5.32 Å². The maximum atomic E-state index is 12.9. The summed E-state index contributed by atoms with van der Waals surface area (Å²) in [5.41, 5.74) is 4.65. The molecule has 2 N–H and O–H groups in total. The second kappa shape index (κ2) is 11.2. The number of alkyl carbamates (subject to hydrolysis) is 1. The molecule has 0 bridgehead atoms. The number of carboxylic acids is 1. The van der Waals surface area contributed by atoms with Crippen LogP contribution in [0.15, 0.2) is 48.5 Å². The highest BCUT2D eigenvalue weighted by molar-refractivity contribution is 8.00. The summed E-state index contributed by atoms with van der Waals surface area (Å²) in [7, 11) is 0. The minimum Gasteiger partial charge on any atom is -0.480 e. The van der Waals surface area contributed by atoms with Crippen LogP contribution >= 0.6 is 11.8 Å². The van der Waals surface area contributed by atoms with E-state index in [0.717, 1.165) is 11.1 Å². The first-order valence-corrected chi connectivity index (χ1v) is 13.3. The van der Waals surface area contributed by atoms with Gasteiger partial charge in [-0.3, -0.25) is 4.79 Å². The summed E-state index contributed by atoms with van der Waals surface area (Å²) in [6.07, 6.45) is 1.46. The first kappa shape index (κ1) is 25.1. The van der Waals surface area contributed by atoms with Crippen molar-refractivity contribution in [3.8, 4) is 11.1 Å². The Morgan fingerprint density at radius 3 is 2.29 bits per heavy atom. The normalized spacial score (nSPS) is 19.7. The van der Waals surface area contributed by atoms with E-state index in [1.807, 2.05) is 38.1 Å². The molecule has 35 heavy (non-hydrogen) atoms. The molecule has 7 nitrogen and oxygen atoms in total. The molecule has 3 unspecified atom stereocenters. The van der Waals surface area contributed by atoms with Crippen molar-refractivity contribution < 1.29 is 24.2 Å². The molecule has 0 saturated carbocycles. The van der Waals surface area contributed by atoms with Crippen LogP contribution in [0.1, 0.15) is 56.6 Å². The second-order valence-corrected chi connectivity index (χ2v) is 10.2. The zero-order chi connectivity index (χ0) is 24.9. The van der Waals surface area contributed by atoms with Crippen LogP contribution in [-0.2, 0) is 14.3 Å². The Morgan fingerprint density at radius 1 is 1.09 bits per heavy atom. The summed E-state index contributed by atoms with van der Waals surface area (Å²) in [5, 5.41) is 12.3. The lowest BCUT2D eigenvalue weighted by Crippen LogP contribution is -2.46. The van der Waals surface area contributed by atoms with Crippen molar-refractivity contribution in [2.45, 2.75) is 62.9 Å². The van der Waals surface area contributed by atoms with Crippen LogP contribution in [-0.4, -0.2) is 57.8 Å². The average Bonchev–Trinajstić information content (AvgIpc) is 3.45. The van der Waals surface area contributed by atoms with Crippen molar-refractivity contribution in [1.82, 2.24) is 10.2 Å². The number of carboxylic acid groups (broad SMARTS) is 1. The van der Waals surface area contributed by atoms with E-state index >= 15 is 0 Å². The molecule has 2 aromatic carbocycles. The molecule has 4 rings (SSSR count). The van der Waals surface area contributed by atoms with Gasteiger partial charge in [-0.1, -0.05) is 62.4 Å². The van der Waals surface area contributed by atoms with Gasteiger partial charge in [-0.15, -0.1) is 11.8 Å². The van der Waals surface area contributed by atoms with Gasteiger partial charge in [0, 0.05) is 24.1 Å². The Hall–Kier alpha value is -3.00. The van der Waals surface area contributed by atoms with Crippen LogP contribution in [0.4, 0.5) is 4.79 Å². The third kappa shape index (κ3) is 5.32. The SMILES string of the molecule is CCC(CCC(=O)N1C(CC)SCC1C(=O)O)NC(=O)OCC1c2ccccc2-c2ccccc21. The van der Waals surface area contributed by atoms with Gasteiger partial charge in [0.05, 0.1) is 5.37 Å². The van der Waals surface area contributed by atoms with Gasteiger partial charge in [0.2, 0.25) is 5.91 Å². The Balaban J connectivity index is 1.32. The topological polar surface area (TPSA) is 95.9 Å². The lowest BCUT2D eigenvalue weighted by molar-refractivity contribution is -0.149. The Labute approximate surface area is 210 Å². The zero-order valence-electron chi connectivity index (χ0n) is 20.1. The molecule has 2 aromatic rings. The van der Waals surface area contributed by atoms with E-state index in [1.165, 1.54) is 27.8 Å². The molecule has 0 aromatic heterocycles. The highest BCUT2D eigenvalue weighted by Crippen LogP contribution is 2.44. The average molecular weight is 497 g/mol. The number of rotatable bonds is 9. The van der Waals surface area contributed by atoms with Crippen molar-refractivity contribution in [2.75, 3.05) is 12.4 Å². The lowest BCUT2D eigenvalue weighted by atomic mass is 9.98. The highest BCUT2D eigenvalue weighted by Gasteiger charge is 2.40. The fraction of sp³-hybridized carbons (Fsp3) is 0.444. The quantitative estimate of drug-likeness (QED) is 0.515. The van der Waals surface area contributed by atoms with Crippen LogP contribution in [0.2, 0.25) is 0 Å². The van der Waals surface area contributed by atoms with Crippen molar-refractivity contribution in [1.29, 1.82) is 0 Å². The molecule has 0 radical (unpaired) electrons. The molecule has 1 fully saturated rings. The van der Waals surface area contributed by atoms with Gasteiger partial charge in [0.1, 0.15) is 12.6 Å². The molecule has 0 spiro atoms. The second-order valence-electron chi connectivity index (χ2n) is 8.97. The first-order valence-electron chi connectivity index (χ1n) is 12.2. The number of thioether (sulfide) groups is 1. The number of ether oxygens (including phenoxy) is 1. The Kier molecular flexibility index (Phi) is 8.00. The first-order chi connectivity index (χ1) is 16.9. The van der Waals surface area contributed by atoms with Crippen LogP contribution in [0.3, 0.4) is 0 Å². The van der Waals surface area contributed by atoms with E-state index in [-0.39, 0.29) is 36.3 Å². The number of hydrogen-bond donors (Lipinski definition) is 2. The van der Waals surface area contributed by atoms with E-state index in [2.05, 4.69) is 29.6 Å². The number of fused-ring (bicyclic) bond motifs is 3. The lowest BCUT2D eigenvalue weighted by Gasteiger charge is -2.27. The maximum absolute atomic E-state index is 12.9. The minimum absolute atomic E-state index is 0.0126. The number of nitrogens with one attached hydrogen (secondary N) is 1. The summed E-state index contributed by atoms with van der Waals surface area (Å²) in [4.78, 5) is 38.6. The predicted molar refractivity (Wildman–Crippen MR) is 136 cm³/mol. The largest absolute Gasteiger partial charge is 0.480 e. The number of amides is 2. The zero-order valence-corrected chi connectivity index (χ0v) is 20.9. The molecule has 3 atom stereocenters. The van der Waals surface area contributed by atoms with Crippen LogP contribution in [0.5, 0.6) is 0 Å². The fourth-order valence-corrected chi connectivity index (χ4v) is 6.38. The molecule has 1 heterocycles. The summed E-state index contributed by atoms with van der Waals surface area (Å²) in [6, 6.07) is 15.4. The number of benzene rings is 2. The van der Waals surface area contributed by atoms with Gasteiger partial charge < -0.3 is 20.1 Å². The molecular formula is C27H32N2O5S. The standard InChI is InChI=1S/C27H32N2O5S/c1-3-17(13-14-24(30)29-23(26(31)32)16-35-25(29)4-2)28-27(33)34-15-22-20-11-7-5-9-18(20)19-10-6-8-12-21(19)22/h5-12,17,22-23,25H,3-4,13-16H2,1-2H3,(H,28,33)(H,31,32). The molecule has 186 valence electrons. The van der Waals surface area contributed by atoms with E-state index in [1.54, 1.807) is 0 Å². The monoisotopic (exact) mass is 496 g/mol. The summed E-state index contributed by atoms with van der Waals surface area (Å²) in [5.74, 6) is -0.747. The van der Waals surface area contributed by atoms with E-state index in [4.69, 9.17) is 4.74 Å². The van der Waals surface area contributed by atoms with Gasteiger partial charge in [-0.05, 0) is 41.5 Å². The fourth-order valence-electron chi connectivity index (χ4n) is 5.01. The van der Waals surface area contributed by atoms with E-state index in [9.17, 15) is 19.5 Å². The molecule has 1 aliphatic heterocycles. The van der Waals surface area contributed by atoms with E-state index in [0.29, 0.717) is 25.0 Å². The van der Waals surface area contributed by atoms with Gasteiger partial charge >= 0.3 is 12.1 Å². The van der Waals surface area contributed by atoms with Crippen molar-refractivity contribution >= 4 is 29.7 Å². The maximum Gasteiger partial charge on any atom is 0.407 e. The smallest absolute Gasteiger partial charge is 0.407 e. The molecule has 2 aliphatic rings. The Morgan fingerprint density at radius 2 is 1.71 bits per heavy atom. The van der Waals surface area contributed by atoms with Gasteiger partial charge in [-0.25, -0.2) is 9.59 Å². The van der Waals surface area contributed by atoms with Crippen molar-refractivity contribution in [3.05, 3.63) is 59.7 Å². The van der Waals surface area contributed by atoms with Gasteiger partial charge in [0.15, 0.2) is 0 Å². The highest BCUT2D eigenvalue weighted by atomic mass is 32.2. The summed E-state index contributed by atoms with van der Waals surface area (Å²) in [6.45, 7) is 4.13.